The number of likely N-dealkylation sites (tertiary alicyclic amines) is 1. The van der Waals surface area contributed by atoms with Crippen molar-refractivity contribution in [3.8, 4) is 0 Å². The highest BCUT2D eigenvalue weighted by Gasteiger charge is 2.24. The van der Waals surface area contributed by atoms with Crippen LogP contribution in [0.4, 0.5) is 0 Å². The number of nitrogens with one attached hydrogen (secondary N) is 2. The fraction of sp³-hybridized carbons (Fsp3) is 0.545. The monoisotopic (exact) mass is 416 g/mol. The zero-order valence-electron chi connectivity index (χ0n) is 17.7. The van der Waals surface area contributed by atoms with Gasteiger partial charge in [-0.05, 0) is 50.6 Å². The molecule has 1 aliphatic rings. The highest BCUT2D eigenvalue weighted by molar-refractivity contribution is 7.09. The molecule has 2 aromatic rings. The van der Waals surface area contributed by atoms with E-state index in [9.17, 15) is 9.59 Å². The molecule has 7 heteroatoms. The molecule has 2 amide bonds. The minimum absolute atomic E-state index is 0.00895. The van der Waals surface area contributed by atoms with Gasteiger partial charge in [-0.1, -0.05) is 13.0 Å². The van der Waals surface area contributed by atoms with Gasteiger partial charge in [0.15, 0.2) is 0 Å². The Morgan fingerprint density at radius 1 is 1.24 bits per heavy atom. The summed E-state index contributed by atoms with van der Waals surface area (Å²) in [6.45, 7) is 9.78. The number of hydrogen-bond acceptors (Lipinski definition) is 4. The molecule has 29 heavy (non-hydrogen) atoms. The number of rotatable bonds is 8. The van der Waals surface area contributed by atoms with E-state index in [2.05, 4.69) is 44.5 Å². The lowest BCUT2D eigenvalue weighted by atomic mass is 10.0. The molecule has 2 aromatic heterocycles. The molecule has 1 fully saturated rings. The van der Waals surface area contributed by atoms with Crippen molar-refractivity contribution in [2.45, 2.75) is 52.6 Å². The molecule has 158 valence electrons. The minimum Gasteiger partial charge on any atom is -0.355 e. The molecule has 2 N–H and O–H groups in total. The predicted molar refractivity (Wildman–Crippen MR) is 118 cm³/mol. The van der Waals surface area contributed by atoms with Gasteiger partial charge in [-0.25, -0.2) is 0 Å². The topological polar surface area (TPSA) is 66.4 Å². The van der Waals surface area contributed by atoms with Crippen LogP contribution < -0.4 is 10.6 Å². The first kappa shape index (κ1) is 21.6. The lowest BCUT2D eigenvalue weighted by Gasteiger charge is -2.31. The Bertz CT molecular complexity index is 820. The number of aryl methyl sites for hydroxylation is 1. The molecule has 0 spiro atoms. The predicted octanol–water partition coefficient (Wildman–Crippen LogP) is 2.94. The van der Waals surface area contributed by atoms with Crippen LogP contribution in [0.3, 0.4) is 0 Å². The second kappa shape index (κ2) is 10.1. The van der Waals surface area contributed by atoms with Gasteiger partial charge in [0.1, 0.15) is 0 Å². The smallest absolute Gasteiger partial charge is 0.253 e. The van der Waals surface area contributed by atoms with Crippen LogP contribution in [-0.4, -0.2) is 53.5 Å². The van der Waals surface area contributed by atoms with Crippen molar-refractivity contribution in [1.29, 1.82) is 0 Å². The standard InChI is InChI=1S/C22H32N4O2S/c1-4-9-23-21(27)15-25-10-7-18(8-11-25)24-22(28)20-13-16(2)26(17(20)3)14-19-6-5-12-29-19/h5-6,12-13,18H,4,7-11,14-15H2,1-3H3,(H,23,27)(H,24,28). The van der Waals surface area contributed by atoms with Crippen molar-refractivity contribution in [2.75, 3.05) is 26.2 Å². The van der Waals surface area contributed by atoms with Gasteiger partial charge in [0.25, 0.3) is 5.91 Å². The number of thiophene rings is 1. The van der Waals surface area contributed by atoms with E-state index >= 15 is 0 Å². The van der Waals surface area contributed by atoms with Gasteiger partial charge >= 0.3 is 0 Å². The van der Waals surface area contributed by atoms with Crippen LogP contribution in [-0.2, 0) is 11.3 Å². The molecule has 3 rings (SSSR count). The van der Waals surface area contributed by atoms with Gasteiger partial charge < -0.3 is 15.2 Å². The Kier molecular flexibility index (Phi) is 7.50. The Balaban J connectivity index is 1.52. The molecule has 0 atom stereocenters. The van der Waals surface area contributed by atoms with E-state index < -0.39 is 0 Å². The summed E-state index contributed by atoms with van der Waals surface area (Å²) in [5.74, 6) is 0.0992. The Labute approximate surface area is 177 Å². The number of piperidine rings is 1. The van der Waals surface area contributed by atoms with Crippen LogP contribution in [0.5, 0.6) is 0 Å². The van der Waals surface area contributed by atoms with Crippen LogP contribution in [0.15, 0.2) is 23.6 Å². The summed E-state index contributed by atoms with van der Waals surface area (Å²) in [4.78, 5) is 28.2. The first-order valence-electron chi connectivity index (χ1n) is 10.5. The molecule has 0 bridgehead atoms. The number of carbonyl (C=O) groups is 2. The summed E-state index contributed by atoms with van der Waals surface area (Å²) < 4.78 is 2.21. The van der Waals surface area contributed by atoms with Gasteiger partial charge in [0.2, 0.25) is 5.91 Å². The summed E-state index contributed by atoms with van der Waals surface area (Å²) >= 11 is 1.74. The lowest BCUT2D eigenvalue weighted by molar-refractivity contribution is -0.122. The van der Waals surface area contributed by atoms with E-state index in [1.807, 2.05) is 19.9 Å². The maximum atomic E-state index is 12.9. The van der Waals surface area contributed by atoms with Gasteiger partial charge in [0.05, 0.1) is 18.7 Å². The fourth-order valence-electron chi connectivity index (χ4n) is 3.85. The van der Waals surface area contributed by atoms with Crippen LogP contribution >= 0.6 is 11.3 Å². The zero-order valence-corrected chi connectivity index (χ0v) is 18.5. The molecule has 0 radical (unpaired) electrons. The van der Waals surface area contributed by atoms with E-state index in [0.29, 0.717) is 6.54 Å². The van der Waals surface area contributed by atoms with Crippen molar-refractivity contribution in [1.82, 2.24) is 20.1 Å². The molecular formula is C22H32N4O2S. The van der Waals surface area contributed by atoms with Crippen molar-refractivity contribution >= 4 is 23.2 Å². The van der Waals surface area contributed by atoms with E-state index in [1.54, 1.807) is 11.3 Å². The van der Waals surface area contributed by atoms with Crippen LogP contribution in [0, 0.1) is 13.8 Å². The van der Waals surface area contributed by atoms with Gasteiger partial charge in [0, 0.05) is 41.9 Å². The Hall–Kier alpha value is -2.12. The molecule has 3 heterocycles. The highest BCUT2D eigenvalue weighted by Crippen LogP contribution is 2.20. The van der Waals surface area contributed by atoms with Gasteiger partial charge in [-0.15, -0.1) is 11.3 Å². The van der Waals surface area contributed by atoms with Crippen LogP contribution in [0.25, 0.3) is 0 Å². The van der Waals surface area contributed by atoms with Crippen LogP contribution in [0.2, 0.25) is 0 Å². The first-order chi connectivity index (χ1) is 14.0. The third kappa shape index (κ3) is 5.70. The van der Waals surface area contributed by atoms with Gasteiger partial charge in [-0.2, -0.15) is 0 Å². The van der Waals surface area contributed by atoms with E-state index in [1.165, 1.54) is 4.88 Å². The normalized spacial score (nSPS) is 15.4. The summed E-state index contributed by atoms with van der Waals surface area (Å²) in [6, 6.07) is 6.34. The molecule has 6 nitrogen and oxygen atoms in total. The van der Waals surface area contributed by atoms with Gasteiger partial charge in [-0.3, -0.25) is 14.5 Å². The number of aromatic nitrogens is 1. The SMILES string of the molecule is CCCNC(=O)CN1CCC(NC(=O)c2cc(C)n(Cc3cccs3)c2C)CC1. The average molecular weight is 417 g/mol. The lowest BCUT2D eigenvalue weighted by Crippen LogP contribution is -2.47. The van der Waals surface area contributed by atoms with Crippen molar-refractivity contribution < 1.29 is 9.59 Å². The molecular weight excluding hydrogens is 384 g/mol. The summed E-state index contributed by atoms with van der Waals surface area (Å²) in [6.07, 6.45) is 2.70. The third-order valence-corrected chi connectivity index (χ3v) is 6.44. The Morgan fingerprint density at radius 2 is 2.00 bits per heavy atom. The molecule has 1 aliphatic heterocycles. The fourth-order valence-corrected chi connectivity index (χ4v) is 4.55. The summed E-state index contributed by atoms with van der Waals surface area (Å²) in [7, 11) is 0. The molecule has 0 saturated carbocycles. The second-order valence-corrected chi connectivity index (χ2v) is 8.86. The van der Waals surface area contributed by atoms with Crippen molar-refractivity contribution in [3.63, 3.8) is 0 Å². The molecule has 0 unspecified atom stereocenters. The van der Waals surface area contributed by atoms with E-state index in [0.717, 1.165) is 62.4 Å². The molecule has 0 aliphatic carbocycles. The third-order valence-electron chi connectivity index (χ3n) is 5.57. The number of carbonyl (C=O) groups excluding carboxylic acids is 2. The van der Waals surface area contributed by atoms with E-state index in [4.69, 9.17) is 0 Å². The second-order valence-electron chi connectivity index (χ2n) is 7.82. The maximum Gasteiger partial charge on any atom is 0.253 e. The Morgan fingerprint density at radius 3 is 2.66 bits per heavy atom. The van der Waals surface area contributed by atoms with Crippen molar-refractivity contribution in [3.05, 3.63) is 45.4 Å². The quantitative estimate of drug-likeness (QED) is 0.695. The minimum atomic E-state index is 0.00895. The van der Waals surface area contributed by atoms with Crippen LogP contribution in [0.1, 0.15) is 52.8 Å². The molecule has 0 aromatic carbocycles. The zero-order chi connectivity index (χ0) is 20.8. The highest BCUT2D eigenvalue weighted by atomic mass is 32.1. The number of amides is 2. The van der Waals surface area contributed by atoms with Crippen molar-refractivity contribution in [2.24, 2.45) is 0 Å². The van der Waals surface area contributed by atoms with E-state index in [-0.39, 0.29) is 17.9 Å². The summed E-state index contributed by atoms with van der Waals surface area (Å²) in [5.41, 5.74) is 2.88. The average Bonchev–Trinajstić information content (AvgIpc) is 3.31. The maximum absolute atomic E-state index is 12.9. The molecule has 1 saturated heterocycles. The summed E-state index contributed by atoms with van der Waals surface area (Å²) in [5, 5.41) is 8.21. The largest absolute Gasteiger partial charge is 0.355 e. The number of nitrogens with zero attached hydrogens (tertiary/aromatic N) is 2. The number of hydrogen-bond donors (Lipinski definition) is 2. The first-order valence-corrected chi connectivity index (χ1v) is 11.3.